The Kier molecular flexibility index (Phi) is 4.34. The molecule has 0 radical (unpaired) electrons. The van der Waals surface area contributed by atoms with Gasteiger partial charge in [-0.1, -0.05) is 12.1 Å². The minimum atomic E-state index is -0.0892. The number of carbonyl (C=O) groups excluding carboxylic acids is 1. The Hall–Kier alpha value is -2.02. The highest BCUT2D eigenvalue weighted by atomic mass is 16.2. The quantitative estimate of drug-likeness (QED) is 0.831. The summed E-state index contributed by atoms with van der Waals surface area (Å²) >= 11 is 0. The zero-order valence-corrected chi connectivity index (χ0v) is 9.53. The zero-order valence-electron chi connectivity index (χ0n) is 9.53. The van der Waals surface area contributed by atoms with Crippen molar-refractivity contribution in [2.75, 3.05) is 20.6 Å². The summed E-state index contributed by atoms with van der Waals surface area (Å²) in [6, 6.07) is 9.38. The molecule has 84 valence electrons. The fourth-order valence-electron chi connectivity index (χ4n) is 1.34. The Bertz CT molecular complexity index is 392. The highest BCUT2D eigenvalue weighted by molar-refractivity contribution is 5.73. The topological polar surface area (TPSA) is 56.1 Å². The highest BCUT2D eigenvalue weighted by Crippen LogP contribution is 2.04. The smallest absolute Gasteiger partial charge is 0.316 e. The van der Waals surface area contributed by atoms with Crippen LogP contribution < -0.4 is 5.32 Å². The van der Waals surface area contributed by atoms with Crippen molar-refractivity contribution in [3.8, 4) is 6.07 Å². The number of likely N-dealkylation sites (N-methyl/N-ethyl adjacent to an activating group) is 1. The molecule has 0 aliphatic heterocycles. The van der Waals surface area contributed by atoms with Gasteiger partial charge < -0.3 is 10.2 Å². The number of urea groups is 1. The number of rotatable bonds is 3. The van der Waals surface area contributed by atoms with Gasteiger partial charge in [0.05, 0.1) is 11.6 Å². The first-order chi connectivity index (χ1) is 7.67. The molecular formula is C12H15N3O. The van der Waals surface area contributed by atoms with Crippen LogP contribution in [0.5, 0.6) is 0 Å². The fraction of sp³-hybridized carbons (Fsp3) is 0.333. The van der Waals surface area contributed by atoms with Gasteiger partial charge in [0.1, 0.15) is 0 Å². The van der Waals surface area contributed by atoms with E-state index in [1.54, 1.807) is 31.1 Å². The van der Waals surface area contributed by atoms with Crippen LogP contribution in [0.3, 0.4) is 0 Å². The van der Waals surface area contributed by atoms with Crippen molar-refractivity contribution in [2.24, 2.45) is 0 Å². The molecule has 1 aromatic rings. The Morgan fingerprint density at radius 1 is 1.44 bits per heavy atom. The second-order valence-corrected chi connectivity index (χ2v) is 3.54. The van der Waals surface area contributed by atoms with Gasteiger partial charge in [0.25, 0.3) is 0 Å². The van der Waals surface area contributed by atoms with Crippen LogP contribution in [0.25, 0.3) is 0 Å². The van der Waals surface area contributed by atoms with Crippen molar-refractivity contribution in [3.63, 3.8) is 0 Å². The van der Waals surface area contributed by atoms with Crippen molar-refractivity contribution in [3.05, 3.63) is 35.4 Å². The molecule has 0 heterocycles. The lowest BCUT2D eigenvalue weighted by Crippen LogP contribution is -2.36. The van der Waals surface area contributed by atoms with E-state index >= 15 is 0 Å². The second kappa shape index (κ2) is 5.76. The third kappa shape index (κ3) is 3.28. The molecule has 0 fully saturated rings. The molecule has 16 heavy (non-hydrogen) atoms. The SMILES string of the molecule is CNC(=O)N(C)CCc1ccc(C#N)cc1. The molecule has 0 spiro atoms. The number of carbonyl (C=O) groups is 1. The number of hydrogen-bond acceptors (Lipinski definition) is 2. The first-order valence-corrected chi connectivity index (χ1v) is 5.09. The van der Waals surface area contributed by atoms with Gasteiger partial charge in [-0.25, -0.2) is 4.79 Å². The molecule has 2 amide bonds. The number of hydrogen-bond donors (Lipinski definition) is 1. The first kappa shape index (κ1) is 12.1. The summed E-state index contributed by atoms with van der Waals surface area (Å²) in [7, 11) is 3.36. The van der Waals surface area contributed by atoms with Gasteiger partial charge in [0.2, 0.25) is 0 Å². The normalized spacial score (nSPS) is 9.31. The van der Waals surface area contributed by atoms with Gasteiger partial charge in [0, 0.05) is 20.6 Å². The predicted octanol–water partition coefficient (Wildman–Crippen LogP) is 1.37. The van der Waals surface area contributed by atoms with Gasteiger partial charge >= 0.3 is 6.03 Å². The summed E-state index contributed by atoms with van der Waals surface area (Å²) < 4.78 is 0. The standard InChI is InChI=1S/C12H15N3O/c1-14-12(16)15(2)8-7-10-3-5-11(9-13)6-4-10/h3-6H,7-8H2,1-2H3,(H,14,16). The highest BCUT2D eigenvalue weighted by Gasteiger charge is 2.05. The molecule has 1 rings (SSSR count). The van der Waals surface area contributed by atoms with Crippen molar-refractivity contribution in [2.45, 2.75) is 6.42 Å². The lowest BCUT2D eigenvalue weighted by atomic mass is 10.1. The third-order valence-corrected chi connectivity index (χ3v) is 2.38. The summed E-state index contributed by atoms with van der Waals surface area (Å²) in [5, 5.41) is 11.2. The molecule has 0 atom stereocenters. The second-order valence-electron chi connectivity index (χ2n) is 3.54. The van der Waals surface area contributed by atoms with Crippen LogP contribution in [0, 0.1) is 11.3 Å². The number of amides is 2. The van der Waals surface area contributed by atoms with Gasteiger partial charge in [0.15, 0.2) is 0 Å². The lowest BCUT2D eigenvalue weighted by molar-refractivity contribution is 0.211. The number of nitrogens with zero attached hydrogens (tertiary/aromatic N) is 2. The van der Waals surface area contributed by atoms with Crippen LogP contribution >= 0.6 is 0 Å². The number of nitrogens with one attached hydrogen (secondary N) is 1. The lowest BCUT2D eigenvalue weighted by Gasteiger charge is -2.16. The molecule has 0 aliphatic rings. The minimum Gasteiger partial charge on any atom is -0.341 e. The van der Waals surface area contributed by atoms with E-state index in [0.717, 1.165) is 12.0 Å². The molecule has 4 nitrogen and oxygen atoms in total. The van der Waals surface area contributed by atoms with Gasteiger partial charge in [-0.3, -0.25) is 0 Å². The van der Waals surface area contributed by atoms with E-state index in [1.807, 2.05) is 12.1 Å². The molecule has 1 N–H and O–H groups in total. The van der Waals surface area contributed by atoms with Crippen LogP contribution in [-0.4, -0.2) is 31.6 Å². The average Bonchev–Trinajstić information content (AvgIpc) is 2.35. The largest absolute Gasteiger partial charge is 0.341 e. The molecule has 1 aromatic carbocycles. The van der Waals surface area contributed by atoms with Gasteiger partial charge in [-0.2, -0.15) is 5.26 Å². The summed E-state index contributed by atoms with van der Waals surface area (Å²) in [4.78, 5) is 12.8. The van der Waals surface area contributed by atoms with Crippen molar-refractivity contribution >= 4 is 6.03 Å². The minimum absolute atomic E-state index is 0.0892. The van der Waals surface area contributed by atoms with Crippen molar-refractivity contribution in [1.29, 1.82) is 5.26 Å². The number of nitriles is 1. The van der Waals surface area contributed by atoms with E-state index in [1.165, 1.54) is 0 Å². The Morgan fingerprint density at radius 3 is 2.56 bits per heavy atom. The van der Waals surface area contributed by atoms with Crippen LogP contribution in [0.15, 0.2) is 24.3 Å². The predicted molar refractivity (Wildman–Crippen MR) is 61.9 cm³/mol. The average molecular weight is 217 g/mol. The summed E-state index contributed by atoms with van der Waals surface area (Å²) in [5.74, 6) is 0. The molecule has 4 heteroatoms. The molecule has 0 aliphatic carbocycles. The Balaban J connectivity index is 2.49. The third-order valence-electron chi connectivity index (χ3n) is 2.38. The molecule has 0 aromatic heterocycles. The van der Waals surface area contributed by atoms with E-state index in [0.29, 0.717) is 12.1 Å². The van der Waals surface area contributed by atoms with Crippen molar-refractivity contribution < 1.29 is 4.79 Å². The van der Waals surface area contributed by atoms with Crippen LogP contribution in [0.2, 0.25) is 0 Å². The maximum absolute atomic E-state index is 11.2. The van der Waals surface area contributed by atoms with E-state index in [9.17, 15) is 4.79 Å². The van der Waals surface area contributed by atoms with Crippen LogP contribution in [0.4, 0.5) is 4.79 Å². The Labute approximate surface area is 95.5 Å². The first-order valence-electron chi connectivity index (χ1n) is 5.09. The van der Waals surface area contributed by atoms with E-state index in [2.05, 4.69) is 11.4 Å². The molecule has 0 saturated carbocycles. The summed E-state index contributed by atoms with van der Waals surface area (Å²) in [5.41, 5.74) is 1.78. The van der Waals surface area contributed by atoms with Crippen LogP contribution in [0.1, 0.15) is 11.1 Å². The molecule has 0 unspecified atom stereocenters. The van der Waals surface area contributed by atoms with Crippen LogP contribution in [-0.2, 0) is 6.42 Å². The zero-order chi connectivity index (χ0) is 12.0. The van der Waals surface area contributed by atoms with Gasteiger partial charge in [-0.05, 0) is 24.1 Å². The maximum Gasteiger partial charge on any atom is 0.316 e. The maximum atomic E-state index is 11.2. The summed E-state index contributed by atoms with van der Waals surface area (Å²) in [6.07, 6.45) is 0.787. The number of benzene rings is 1. The van der Waals surface area contributed by atoms with E-state index in [-0.39, 0.29) is 6.03 Å². The molecular weight excluding hydrogens is 202 g/mol. The van der Waals surface area contributed by atoms with E-state index < -0.39 is 0 Å². The Morgan fingerprint density at radius 2 is 2.06 bits per heavy atom. The summed E-state index contributed by atoms with van der Waals surface area (Å²) in [6.45, 7) is 0.658. The fourth-order valence-corrected chi connectivity index (χ4v) is 1.34. The monoisotopic (exact) mass is 217 g/mol. The molecule has 0 saturated heterocycles. The van der Waals surface area contributed by atoms with Crippen molar-refractivity contribution in [1.82, 2.24) is 10.2 Å². The van der Waals surface area contributed by atoms with E-state index in [4.69, 9.17) is 5.26 Å². The molecule has 0 bridgehead atoms. The van der Waals surface area contributed by atoms with Gasteiger partial charge in [-0.15, -0.1) is 0 Å².